The van der Waals surface area contributed by atoms with Crippen LogP contribution in [0.15, 0.2) is 30.5 Å². The third-order valence-corrected chi connectivity index (χ3v) is 5.45. The molecule has 3 aromatic rings. The highest BCUT2D eigenvalue weighted by Gasteiger charge is 2.40. The van der Waals surface area contributed by atoms with Gasteiger partial charge in [0.05, 0.1) is 18.5 Å². The monoisotopic (exact) mass is 422 g/mol. The quantitative estimate of drug-likeness (QED) is 0.565. The second-order valence-corrected chi connectivity index (χ2v) is 8.97. The van der Waals surface area contributed by atoms with Crippen LogP contribution in [0, 0.1) is 5.82 Å². The zero-order chi connectivity index (χ0) is 21.0. The maximum atomic E-state index is 13.8. The first-order chi connectivity index (χ1) is 13.5. The highest BCUT2D eigenvalue weighted by molar-refractivity contribution is 6.31. The standard InChI is InChI=1S/C21H22ClF3N4/c1-20(2,3)19-26-17-15(18(27-19)29-9-7-21(24,25)12-29)6-8-28(17)11-13-4-5-14(23)10-16(13)22/h4-6,8,10H,7,9,11-12H2,1-3H3. The number of rotatable bonds is 3. The van der Waals surface area contributed by atoms with E-state index in [2.05, 4.69) is 4.98 Å². The van der Waals surface area contributed by atoms with Gasteiger partial charge in [-0.15, -0.1) is 0 Å². The summed E-state index contributed by atoms with van der Waals surface area (Å²) in [5, 5.41) is 1.05. The van der Waals surface area contributed by atoms with E-state index >= 15 is 0 Å². The molecule has 0 N–H and O–H groups in total. The van der Waals surface area contributed by atoms with Crippen molar-refractivity contribution in [1.82, 2.24) is 14.5 Å². The molecule has 154 valence electrons. The van der Waals surface area contributed by atoms with E-state index in [-0.39, 0.29) is 24.9 Å². The molecule has 1 fully saturated rings. The first kappa shape index (κ1) is 20.0. The predicted octanol–water partition coefficient (Wildman–Crippen LogP) is 5.42. The number of alkyl halides is 2. The summed E-state index contributed by atoms with van der Waals surface area (Å²) in [4.78, 5) is 11.0. The van der Waals surface area contributed by atoms with Crippen LogP contribution >= 0.6 is 11.6 Å². The number of benzene rings is 1. The van der Waals surface area contributed by atoms with E-state index in [9.17, 15) is 13.2 Å². The van der Waals surface area contributed by atoms with Crippen molar-refractivity contribution < 1.29 is 13.2 Å². The highest BCUT2D eigenvalue weighted by Crippen LogP contribution is 2.35. The maximum Gasteiger partial charge on any atom is 0.266 e. The summed E-state index contributed by atoms with van der Waals surface area (Å²) in [6, 6.07) is 6.11. The molecule has 4 nitrogen and oxygen atoms in total. The van der Waals surface area contributed by atoms with Gasteiger partial charge in [0.1, 0.15) is 23.1 Å². The Hall–Kier alpha value is -2.28. The SMILES string of the molecule is CC(C)(C)c1nc(N2CCC(F)(F)C2)c2ccn(Cc3ccc(F)cc3Cl)c2n1. The summed E-state index contributed by atoms with van der Waals surface area (Å²) < 4.78 is 43.0. The Balaban J connectivity index is 1.82. The van der Waals surface area contributed by atoms with Gasteiger partial charge < -0.3 is 9.47 Å². The van der Waals surface area contributed by atoms with Crippen LogP contribution in [0.25, 0.3) is 11.0 Å². The molecule has 1 aromatic carbocycles. The van der Waals surface area contributed by atoms with E-state index in [1.807, 2.05) is 37.6 Å². The van der Waals surface area contributed by atoms with Gasteiger partial charge in [0, 0.05) is 29.6 Å². The highest BCUT2D eigenvalue weighted by atomic mass is 35.5. The van der Waals surface area contributed by atoms with E-state index in [0.717, 1.165) is 5.56 Å². The van der Waals surface area contributed by atoms with Gasteiger partial charge in [-0.1, -0.05) is 38.4 Å². The van der Waals surface area contributed by atoms with Crippen LogP contribution in [0.1, 0.15) is 38.6 Å². The van der Waals surface area contributed by atoms with Crippen LogP contribution in [0.2, 0.25) is 5.02 Å². The van der Waals surface area contributed by atoms with E-state index in [4.69, 9.17) is 16.6 Å². The largest absolute Gasteiger partial charge is 0.350 e. The summed E-state index contributed by atoms with van der Waals surface area (Å²) in [5.41, 5.74) is 1.04. The van der Waals surface area contributed by atoms with Crippen molar-refractivity contribution in [3.8, 4) is 0 Å². The molecule has 0 amide bonds. The minimum Gasteiger partial charge on any atom is -0.350 e. The average molecular weight is 423 g/mol. The minimum absolute atomic E-state index is 0.185. The lowest BCUT2D eigenvalue weighted by atomic mass is 9.95. The van der Waals surface area contributed by atoms with Gasteiger partial charge in [0.2, 0.25) is 0 Å². The number of anilines is 1. The molecule has 8 heteroatoms. The number of nitrogens with zero attached hydrogens (tertiary/aromatic N) is 4. The summed E-state index contributed by atoms with van der Waals surface area (Å²) in [7, 11) is 0. The molecule has 4 rings (SSSR count). The molecule has 0 unspecified atom stereocenters. The van der Waals surface area contributed by atoms with E-state index in [1.165, 1.54) is 12.1 Å². The Kier molecular flexibility index (Phi) is 4.76. The number of halogens is 4. The molecular formula is C21H22ClF3N4. The molecule has 1 aliphatic rings. The summed E-state index contributed by atoms with van der Waals surface area (Å²) in [6.07, 6.45) is 1.65. The van der Waals surface area contributed by atoms with Crippen molar-refractivity contribution in [2.24, 2.45) is 0 Å². The molecule has 0 atom stereocenters. The van der Waals surface area contributed by atoms with E-state index < -0.39 is 11.7 Å². The van der Waals surface area contributed by atoms with Gasteiger partial charge in [0.25, 0.3) is 5.92 Å². The molecule has 0 spiro atoms. The second kappa shape index (κ2) is 6.90. The Morgan fingerprint density at radius 3 is 2.55 bits per heavy atom. The van der Waals surface area contributed by atoms with Gasteiger partial charge in [-0.25, -0.2) is 23.1 Å². The molecule has 0 aliphatic carbocycles. The molecule has 1 aliphatic heterocycles. The first-order valence-corrected chi connectivity index (χ1v) is 9.85. The molecule has 1 saturated heterocycles. The molecule has 2 aromatic heterocycles. The van der Waals surface area contributed by atoms with Crippen molar-refractivity contribution in [1.29, 1.82) is 0 Å². The fourth-order valence-corrected chi connectivity index (χ4v) is 3.73. The lowest BCUT2D eigenvalue weighted by Crippen LogP contribution is -2.27. The smallest absolute Gasteiger partial charge is 0.266 e. The number of hydrogen-bond donors (Lipinski definition) is 0. The lowest BCUT2D eigenvalue weighted by molar-refractivity contribution is 0.0257. The lowest BCUT2D eigenvalue weighted by Gasteiger charge is -2.23. The minimum atomic E-state index is -2.72. The normalized spacial score (nSPS) is 16.7. The summed E-state index contributed by atoms with van der Waals surface area (Å²) >= 11 is 6.19. The van der Waals surface area contributed by atoms with E-state index in [1.54, 1.807) is 11.0 Å². The van der Waals surface area contributed by atoms with Crippen molar-refractivity contribution >= 4 is 28.5 Å². The third-order valence-electron chi connectivity index (χ3n) is 5.09. The van der Waals surface area contributed by atoms with Crippen LogP contribution in [0.5, 0.6) is 0 Å². The molecule has 0 bridgehead atoms. The van der Waals surface area contributed by atoms with Crippen LogP contribution < -0.4 is 4.90 Å². The number of hydrogen-bond acceptors (Lipinski definition) is 3. The fourth-order valence-electron chi connectivity index (χ4n) is 3.50. The Labute approximate surface area is 172 Å². The van der Waals surface area contributed by atoms with Gasteiger partial charge >= 0.3 is 0 Å². The topological polar surface area (TPSA) is 34.0 Å². The third kappa shape index (κ3) is 3.92. The van der Waals surface area contributed by atoms with Crippen LogP contribution in [-0.2, 0) is 12.0 Å². The molecule has 0 radical (unpaired) electrons. The number of aromatic nitrogens is 3. The second-order valence-electron chi connectivity index (χ2n) is 8.56. The predicted molar refractivity (Wildman–Crippen MR) is 109 cm³/mol. The Morgan fingerprint density at radius 1 is 1.17 bits per heavy atom. The Bertz CT molecular complexity index is 1070. The van der Waals surface area contributed by atoms with Crippen molar-refractivity contribution in [2.45, 2.75) is 45.1 Å². The summed E-state index contributed by atoms with van der Waals surface area (Å²) in [6.45, 7) is 6.25. The average Bonchev–Trinajstić information content (AvgIpc) is 3.19. The molecule has 3 heterocycles. The van der Waals surface area contributed by atoms with Crippen LogP contribution in [0.3, 0.4) is 0 Å². The van der Waals surface area contributed by atoms with Crippen LogP contribution in [0.4, 0.5) is 19.0 Å². The Morgan fingerprint density at radius 2 is 1.93 bits per heavy atom. The van der Waals surface area contributed by atoms with Crippen molar-refractivity contribution in [3.05, 3.63) is 52.7 Å². The van der Waals surface area contributed by atoms with Crippen molar-refractivity contribution in [2.75, 3.05) is 18.0 Å². The number of fused-ring (bicyclic) bond motifs is 1. The first-order valence-electron chi connectivity index (χ1n) is 9.48. The van der Waals surface area contributed by atoms with Gasteiger partial charge in [0.15, 0.2) is 0 Å². The van der Waals surface area contributed by atoms with E-state index in [0.29, 0.717) is 34.2 Å². The van der Waals surface area contributed by atoms with Gasteiger partial charge in [-0.3, -0.25) is 0 Å². The zero-order valence-electron chi connectivity index (χ0n) is 16.5. The van der Waals surface area contributed by atoms with Gasteiger partial charge in [-0.2, -0.15) is 0 Å². The molecule has 0 saturated carbocycles. The van der Waals surface area contributed by atoms with Crippen molar-refractivity contribution in [3.63, 3.8) is 0 Å². The zero-order valence-corrected chi connectivity index (χ0v) is 17.3. The van der Waals surface area contributed by atoms with Crippen LogP contribution in [-0.4, -0.2) is 33.5 Å². The molecule has 29 heavy (non-hydrogen) atoms. The fraction of sp³-hybridized carbons (Fsp3) is 0.429. The maximum absolute atomic E-state index is 13.8. The molecular weight excluding hydrogens is 401 g/mol. The summed E-state index contributed by atoms with van der Waals surface area (Å²) in [5.74, 6) is -2.00. The van der Waals surface area contributed by atoms with Gasteiger partial charge in [-0.05, 0) is 23.8 Å².